The van der Waals surface area contributed by atoms with Crippen molar-refractivity contribution in [2.45, 2.75) is 26.8 Å². The maximum absolute atomic E-state index is 13.9. The Balaban J connectivity index is 1.83. The molecule has 1 fully saturated rings. The minimum absolute atomic E-state index is 0.00165. The summed E-state index contributed by atoms with van der Waals surface area (Å²) in [5.41, 5.74) is 3.11. The molecule has 25 heavy (non-hydrogen) atoms. The molecule has 1 aliphatic rings. The van der Waals surface area contributed by atoms with Gasteiger partial charge in [-0.05, 0) is 56.2 Å². The number of aryl methyl sites for hydroxylation is 2. The van der Waals surface area contributed by atoms with E-state index in [1.54, 1.807) is 24.0 Å². The zero-order valence-electron chi connectivity index (χ0n) is 14.6. The first kappa shape index (κ1) is 17.1. The van der Waals surface area contributed by atoms with Crippen LogP contribution in [0.5, 0.6) is 0 Å². The lowest BCUT2D eigenvalue weighted by Crippen LogP contribution is -2.57. The van der Waals surface area contributed by atoms with E-state index in [2.05, 4.69) is 0 Å². The Morgan fingerprint density at radius 3 is 2.48 bits per heavy atom. The quantitative estimate of drug-likeness (QED) is 0.841. The van der Waals surface area contributed by atoms with Gasteiger partial charge in [0.25, 0.3) is 5.91 Å². The van der Waals surface area contributed by atoms with Crippen molar-refractivity contribution in [3.8, 4) is 0 Å². The Bertz CT molecular complexity index is 834. The van der Waals surface area contributed by atoms with Crippen molar-refractivity contribution in [1.29, 1.82) is 0 Å². The summed E-state index contributed by atoms with van der Waals surface area (Å²) in [5.74, 6) is -1.17. The summed E-state index contributed by atoms with van der Waals surface area (Å²) >= 11 is 0. The maximum atomic E-state index is 13.9. The molecular weight excluding hydrogens is 319 g/mol. The molecule has 0 radical (unpaired) electrons. The molecule has 1 saturated heterocycles. The molecule has 2 aromatic rings. The van der Waals surface area contributed by atoms with Crippen LogP contribution in [0, 0.1) is 19.7 Å². The molecule has 0 spiro atoms. The minimum Gasteiger partial charge on any atom is -0.325 e. The van der Waals surface area contributed by atoms with Crippen LogP contribution >= 0.6 is 0 Å². The standard InChI is InChI=1S/C20H21FN2O2/c1-13-8-9-16(12-14(13)2)23-11-10-22(15(3)19(23)24)20(25)17-6-4-5-7-18(17)21/h4-9,12,15H,10-11H2,1-3H3. The van der Waals surface area contributed by atoms with Crippen LogP contribution < -0.4 is 4.90 Å². The van der Waals surface area contributed by atoms with E-state index in [4.69, 9.17) is 0 Å². The Hall–Kier alpha value is -2.69. The number of carbonyl (C=O) groups is 2. The van der Waals surface area contributed by atoms with E-state index in [0.717, 1.165) is 16.8 Å². The van der Waals surface area contributed by atoms with Crippen molar-refractivity contribution in [3.05, 3.63) is 65.0 Å². The molecule has 0 aliphatic carbocycles. The van der Waals surface area contributed by atoms with Crippen LogP contribution in [0.1, 0.15) is 28.4 Å². The van der Waals surface area contributed by atoms with Gasteiger partial charge in [-0.15, -0.1) is 0 Å². The topological polar surface area (TPSA) is 40.6 Å². The third-order valence-corrected chi connectivity index (χ3v) is 4.82. The Labute approximate surface area is 146 Å². The molecule has 0 saturated carbocycles. The number of benzene rings is 2. The lowest BCUT2D eigenvalue weighted by molar-refractivity contribution is -0.124. The van der Waals surface area contributed by atoms with Crippen molar-refractivity contribution in [1.82, 2.24) is 4.90 Å². The summed E-state index contributed by atoms with van der Waals surface area (Å²) in [4.78, 5) is 28.6. The van der Waals surface area contributed by atoms with Crippen LogP contribution in [-0.2, 0) is 4.79 Å². The first-order valence-corrected chi connectivity index (χ1v) is 8.34. The fraction of sp³-hybridized carbons (Fsp3) is 0.300. The molecule has 0 bridgehead atoms. The first-order chi connectivity index (χ1) is 11.9. The fourth-order valence-corrected chi connectivity index (χ4v) is 3.09. The van der Waals surface area contributed by atoms with Crippen LogP contribution in [-0.4, -0.2) is 35.8 Å². The molecule has 1 aliphatic heterocycles. The molecule has 1 heterocycles. The predicted octanol–water partition coefficient (Wildman–Crippen LogP) is 3.32. The fourth-order valence-electron chi connectivity index (χ4n) is 3.09. The molecule has 3 rings (SSSR count). The van der Waals surface area contributed by atoms with Crippen LogP contribution in [0.4, 0.5) is 10.1 Å². The minimum atomic E-state index is -0.637. The predicted molar refractivity (Wildman–Crippen MR) is 95.2 cm³/mol. The third-order valence-electron chi connectivity index (χ3n) is 4.82. The van der Waals surface area contributed by atoms with Crippen molar-refractivity contribution in [2.75, 3.05) is 18.0 Å². The maximum Gasteiger partial charge on any atom is 0.257 e. The number of hydrogen-bond acceptors (Lipinski definition) is 2. The van der Waals surface area contributed by atoms with Gasteiger partial charge in [0.2, 0.25) is 5.91 Å². The van der Waals surface area contributed by atoms with Crippen molar-refractivity contribution in [3.63, 3.8) is 0 Å². The van der Waals surface area contributed by atoms with E-state index in [0.29, 0.717) is 13.1 Å². The number of nitrogens with zero attached hydrogens (tertiary/aromatic N) is 2. The SMILES string of the molecule is Cc1ccc(N2CCN(C(=O)c3ccccc3F)C(C)C2=O)cc1C. The second kappa shape index (κ2) is 6.67. The van der Waals surface area contributed by atoms with E-state index < -0.39 is 17.8 Å². The molecule has 2 amide bonds. The molecule has 0 aromatic heterocycles. The molecule has 4 nitrogen and oxygen atoms in total. The highest BCUT2D eigenvalue weighted by atomic mass is 19.1. The van der Waals surface area contributed by atoms with E-state index in [1.807, 2.05) is 32.0 Å². The summed E-state index contributed by atoms with van der Waals surface area (Å²) in [6, 6.07) is 11.1. The second-order valence-electron chi connectivity index (χ2n) is 6.41. The number of halogens is 1. The largest absolute Gasteiger partial charge is 0.325 e. The highest BCUT2D eigenvalue weighted by Crippen LogP contribution is 2.24. The van der Waals surface area contributed by atoms with Crippen LogP contribution in [0.2, 0.25) is 0 Å². The number of piperazine rings is 1. The number of carbonyl (C=O) groups excluding carboxylic acids is 2. The summed E-state index contributed by atoms with van der Waals surface area (Å²) in [6.45, 7) is 6.48. The van der Waals surface area contributed by atoms with Gasteiger partial charge in [0.1, 0.15) is 11.9 Å². The van der Waals surface area contributed by atoms with Crippen LogP contribution in [0.15, 0.2) is 42.5 Å². The monoisotopic (exact) mass is 340 g/mol. The number of hydrogen-bond donors (Lipinski definition) is 0. The zero-order valence-corrected chi connectivity index (χ0v) is 14.6. The zero-order chi connectivity index (χ0) is 18.1. The number of amides is 2. The average molecular weight is 340 g/mol. The van der Waals surface area contributed by atoms with Gasteiger partial charge >= 0.3 is 0 Å². The Kier molecular flexibility index (Phi) is 4.57. The number of rotatable bonds is 2. The van der Waals surface area contributed by atoms with Crippen molar-refractivity contribution < 1.29 is 14.0 Å². The Morgan fingerprint density at radius 2 is 1.80 bits per heavy atom. The molecule has 1 unspecified atom stereocenters. The van der Waals surface area contributed by atoms with E-state index in [-0.39, 0.29) is 11.5 Å². The van der Waals surface area contributed by atoms with E-state index in [1.165, 1.54) is 17.0 Å². The number of anilines is 1. The van der Waals surface area contributed by atoms with E-state index >= 15 is 0 Å². The normalized spacial score (nSPS) is 17.8. The Morgan fingerprint density at radius 1 is 1.08 bits per heavy atom. The van der Waals surface area contributed by atoms with E-state index in [9.17, 15) is 14.0 Å². The highest BCUT2D eigenvalue weighted by Gasteiger charge is 2.36. The van der Waals surface area contributed by atoms with Gasteiger partial charge in [0, 0.05) is 18.8 Å². The van der Waals surface area contributed by atoms with Crippen molar-refractivity contribution in [2.24, 2.45) is 0 Å². The summed E-state index contributed by atoms with van der Waals surface area (Å²) in [5, 5.41) is 0. The molecular formula is C20H21FN2O2. The molecule has 2 aromatic carbocycles. The summed E-state index contributed by atoms with van der Waals surface area (Å²) in [6.07, 6.45) is 0. The van der Waals surface area contributed by atoms with Crippen molar-refractivity contribution >= 4 is 17.5 Å². The molecule has 130 valence electrons. The average Bonchev–Trinajstić information content (AvgIpc) is 2.60. The third kappa shape index (κ3) is 3.14. The highest BCUT2D eigenvalue weighted by molar-refractivity contribution is 6.03. The molecule has 1 atom stereocenters. The smallest absolute Gasteiger partial charge is 0.257 e. The first-order valence-electron chi connectivity index (χ1n) is 8.34. The van der Waals surface area contributed by atoms with Gasteiger partial charge < -0.3 is 9.80 Å². The van der Waals surface area contributed by atoms with Crippen LogP contribution in [0.25, 0.3) is 0 Å². The second-order valence-corrected chi connectivity index (χ2v) is 6.41. The van der Waals surface area contributed by atoms with Crippen LogP contribution in [0.3, 0.4) is 0 Å². The van der Waals surface area contributed by atoms with Gasteiger partial charge in [-0.3, -0.25) is 9.59 Å². The summed E-state index contributed by atoms with van der Waals surface area (Å²) < 4.78 is 13.9. The van der Waals surface area contributed by atoms with Gasteiger partial charge in [0.05, 0.1) is 5.56 Å². The van der Waals surface area contributed by atoms with Gasteiger partial charge in [-0.2, -0.15) is 0 Å². The lowest BCUT2D eigenvalue weighted by atomic mass is 10.1. The lowest BCUT2D eigenvalue weighted by Gasteiger charge is -2.39. The molecule has 0 N–H and O–H groups in total. The van der Waals surface area contributed by atoms with Gasteiger partial charge in [-0.25, -0.2) is 4.39 Å². The van der Waals surface area contributed by atoms with Gasteiger partial charge in [-0.1, -0.05) is 18.2 Å². The molecule has 5 heteroatoms. The summed E-state index contributed by atoms with van der Waals surface area (Å²) in [7, 11) is 0. The van der Waals surface area contributed by atoms with Gasteiger partial charge in [0.15, 0.2) is 0 Å².